The van der Waals surface area contributed by atoms with Crippen LogP contribution < -0.4 is 0 Å². The van der Waals surface area contributed by atoms with Gasteiger partial charge in [0.25, 0.3) is 0 Å². The van der Waals surface area contributed by atoms with Crippen molar-refractivity contribution in [3.05, 3.63) is 71.1 Å². The van der Waals surface area contributed by atoms with Gasteiger partial charge in [-0.2, -0.15) is 0 Å². The third kappa shape index (κ3) is 1.81. The maximum Gasteiger partial charge on any atom is 0.228 e. The number of hydrogen-bond acceptors (Lipinski definition) is 2. The topological polar surface area (TPSA) is 30.2 Å². The number of hydrogen-bond donors (Lipinski definition) is 0. The van der Waals surface area contributed by atoms with Crippen LogP contribution >= 0.6 is 11.6 Å². The SMILES string of the molecule is O=C(c1ccc(Cl)cc1)c1occ2ccccc12. The van der Waals surface area contributed by atoms with Gasteiger partial charge in [0.1, 0.15) is 0 Å². The first kappa shape index (κ1) is 11.1. The third-order valence-electron chi connectivity index (χ3n) is 2.82. The fourth-order valence-electron chi connectivity index (χ4n) is 1.90. The summed E-state index contributed by atoms with van der Waals surface area (Å²) in [7, 11) is 0. The van der Waals surface area contributed by atoms with Crippen LogP contribution in [0.25, 0.3) is 10.8 Å². The van der Waals surface area contributed by atoms with Crippen LogP contribution in [0, 0.1) is 0 Å². The van der Waals surface area contributed by atoms with Gasteiger partial charge in [-0.05, 0) is 24.3 Å². The lowest BCUT2D eigenvalue weighted by molar-refractivity contribution is 0.101. The predicted molar refractivity (Wildman–Crippen MR) is 71.1 cm³/mol. The Morgan fingerprint density at radius 1 is 1.00 bits per heavy atom. The second kappa shape index (κ2) is 4.31. The fraction of sp³-hybridized carbons (Fsp3) is 0. The molecule has 3 aromatic rings. The average molecular weight is 257 g/mol. The maximum atomic E-state index is 12.3. The summed E-state index contributed by atoms with van der Waals surface area (Å²) in [4.78, 5) is 12.3. The average Bonchev–Trinajstić information content (AvgIpc) is 2.82. The van der Waals surface area contributed by atoms with E-state index in [1.165, 1.54) is 0 Å². The summed E-state index contributed by atoms with van der Waals surface area (Å²) in [5.74, 6) is 0.237. The second-order valence-corrected chi connectivity index (χ2v) is 4.42. The molecule has 0 aliphatic rings. The van der Waals surface area contributed by atoms with E-state index >= 15 is 0 Å². The van der Waals surface area contributed by atoms with Gasteiger partial charge in [-0.1, -0.05) is 35.9 Å². The molecule has 1 heterocycles. The molecule has 2 nitrogen and oxygen atoms in total. The molecular weight excluding hydrogens is 248 g/mol. The minimum Gasteiger partial charge on any atom is -0.460 e. The van der Waals surface area contributed by atoms with Gasteiger partial charge in [-0.15, -0.1) is 0 Å². The van der Waals surface area contributed by atoms with Gasteiger partial charge in [0.2, 0.25) is 5.78 Å². The standard InChI is InChI=1S/C15H9ClO2/c16-12-7-5-10(6-8-12)14(17)15-13-4-2-1-3-11(13)9-18-15/h1-9H. The van der Waals surface area contributed by atoms with Crippen molar-refractivity contribution in [3.8, 4) is 0 Å². The minimum atomic E-state index is -0.132. The largest absolute Gasteiger partial charge is 0.460 e. The van der Waals surface area contributed by atoms with Crippen LogP contribution in [0.5, 0.6) is 0 Å². The molecule has 88 valence electrons. The van der Waals surface area contributed by atoms with E-state index in [-0.39, 0.29) is 5.78 Å². The first-order valence-corrected chi connectivity index (χ1v) is 5.90. The number of halogens is 1. The summed E-state index contributed by atoms with van der Waals surface area (Å²) < 4.78 is 5.38. The Hall–Kier alpha value is -2.06. The van der Waals surface area contributed by atoms with Crippen molar-refractivity contribution in [3.63, 3.8) is 0 Å². The lowest BCUT2D eigenvalue weighted by atomic mass is 10.1. The van der Waals surface area contributed by atoms with Gasteiger partial charge in [0, 0.05) is 21.4 Å². The molecule has 0 aliphatic heterocycles. The van der Waals surface area contributed by atoms with Gasteiger partial charge in [-0.3, -0.25) is 4.79 Å². The second-order valence-electron chi connectivity index (χ2n) is 3.99. The van der Waals surface area contributed by atoms with Crippen LogP contribution in [0.4, 0.5) is 0 Å². The molecule has 0 saturated heterocycles. The zero-order valence-corrected chi connectivity index (χ0v) is 10.1. The molecule has 2 aromatic carbocycles. The molecule has 0 atom stereocenters. The third-order valence-corrected chi connectivity index (χ3v) is 3.07. The van der Waals surface area contributed by atoms with Crippen molar-refractivity contribution < 1.29 is 9.21 Å². The molecule has 1 aromatic heterocycles. The van der Waals surface area contributed by atoms with E-state index in [2.05, 4.69) is 0 Å². The molecule has 0 N–H and O–H groups in total. The van der Waals surface area contributed by atoms with Gasteiger partial charge >= 0.3 is 0 Å². The van der Waals surface area contributed by atoms with Crippen molar-refractivity contribution in [2.45, 2.75) is 0 Å². The predicted octanol–water partition coefficient (Wildman–Crippen LogP) is 4.32. The number of carbonyl (C=O) groups excluding carboxylic acids is 1. The fourth-order valence-corrected chi connectivity index (χ4v) is 2.03. The molecule has 0 aliphatic carbocycles. The molecule has 3 heteroatoms. The first-order valence-electron chi connectivity index (χ1n) is 5.52. The van der Waals surface area contributed by atoms with E-state index in [0.717, 1.165) is 10.8 Å². The van der Waals surface area contributed by atoms with Crippen molar-refractivity contribution >= 4 is 28.2 Å². The zero-order chi connectivity index (χ0) is 12.5. The number of furan rings is 1. The lowest BCUT2D eigenvalue weighted by Gasteiger charge is -1.98. The Morgan fingerprint density at radius 2 is 1.72 bits per heavy atom. The van der Waals surface area contributed by atoms with E-state index in [4.69, 9.17) is 16.0 Å². The quantitative estimate of drug-likeness (QED) is 0.639. The number of carbonyl (C=O) groups is 1. The Labute approximate surface area is 109 Å². The minimum absolute atomic E-state index is 0.132. The highest BCUT2D eigenvalue weighted by Crippen LogP contribution is 2.23. The molecule has 0 spiro atoms. The van der Waals surface area contributed by atoms with E-state index in [1.807, 2.05) is 24.3 Å². The van der Waals surface area contributed by atoms with Crippen molar-refractivity contribution in [2.24, 2.45) is 0 Å². The van der Waals surface area contributed by atoms with Crippen LogP contribution in [0.1, 0.15) is 16.1 Å². The monoisotopic (exact) mass is 256 g/mol. The van der Waals surface area contributed by atoms with Crippen molar-refractivity contribution in [2.75, 3.05) is 0 Å². The van der Waals surface area contributed by atoms with Gasteiger partial charge in [0.15, 0.2) is 5.76 Å². The first-order chi connectivity index (χ1) is 8.75. The molecule has 0 saturated carbocycles. The highest BCUT2D eigenvalue weighted by Gasteiger charge is 2.16. The number of rotatable bonds is 2. The van der Waals surface area contributed by atoms with E-state index < -0.39 is 0 Å². The van der Waals surface area contributed by atoms with Gasteiger partial charge < -0.3 is 4.42 Å². The van der Waals surface area contributed by atoms with Crippen LogP contribution in [-0.4, -0.2) is 5.78 Å². The molecule has 0 bridgehead atoms. The number of ketones is 1. The number of fused-ring (bicyclic) bond motifs is 1. The van der Waals surface area contributed by atoms with Crippen LogP contribution in [0.3, 0.4) is 0 Å². The Balaban J connectivity index is 2.09. The zero-order valence-electron chi connectivity index (χ0n) is 9.39. The maximum absolute atomic E-state index is 12.3. The Kier molecular flexibility index (Phi) is 2.65. The van der Waals surface area contributed by atoms with Crippen LogP contribution in [0.15, 0.2) is 59.2 Å². The van der Waals surface area contributed by atoms with E-state index in [0.29, 0.717) is 16.3 Å². The van der Waals surface area contributed by atoms with Crippen molar-refractivity contribution in [1.82, 2.24) is 0 Å². The van der Waals surface area contributed by atoms with Gasteiger partial charge in [-0.25, -0.2) is 0 Å². The lowest BCUT2D eigenvalue weighted by Crippen LogP contribution is -1.99. The highest BCUT2D eigenvalue weighted by atomic mass is 35.5. The number of benzene rings is 2. The summed E-state index contributed by atoms with van der Waals surface area (Å²) in [6, 6.07) is 14.4. The molecule has 0 fully saturated rings. The van der Waals surface area contributed by atoms with E-state index in [9.17, 15) is 4.79 Å². The van der Waals surface area contributed by atoms with Gasteiger partial charge in [0.05, 0.1) is 6.26 Å². The van der Waals surface area contributed by atoms with Crippen LogP contribution in [0.2, 0.25) is 5.02 Å². The summed E-state index contributed by atoms with van der Waals surface area (Å²) >= 11 is 5.80. The molecular formula is C15H9ClO2. The Bertz CT molecular complexity index is 711. The smallest absolute Gasteiger partial charge is 0.228 e. The summed E-state index contributed by atoms with van der Waals surface area (Å²) in [6.07, 6.45) is 1.60. The van der Waals surface area contributed by atoms with Crippen LogP contribution in [-0.2, 0) is 0 Å². The molecule has 18 heavy (non-hydrogen) atoms. The van der Waals surface area contributed by atoms with Crippen molar-refractivity contribution in [1.29, 1.82) is 0 Å². The highest BCUT2D eigenvalue weighted by molar-refractivity contribution is 6.30. The summed E-state index contributed by atoms with van der Waals surface area (Å²) in [5.41, 5.74) is 0.569. The molecule has 0 amide bonds. The van der Waals surface area contributed by atoms with E-state index in [1.54, 1.807) is 30.5 Å². The summed E-state index contributed by atoms with van der Waals surface area (Å²) in [6.45, 7) is 0. The Morgan fingerprint density at radius 3 is 2.50 bits per heavy atom. The summed E-state index contributed by atoms with van der Waals surface area (Å²) in [5, 5.41) is 2.36. The molecule has 3 rings (SSSR count). The molecule has 0 unspecified atom stereocenters. The normalized spacial score (nSPS) is 10.7. The molecule has 0 radical (unpaired) electrons.